The molecule has 1 aromatic heterocycles. The van der Waals surface area contributed by atoms with Crippen LogP contribution in [0.4, 0.5) is 8.78 Å². The van der Waals surface area contributed by atoms with Crippen LogP contribution in [0.5, 0.6) is 0 Å². The molecule has 1 N–H and O–H groups in total. The van der Waals surface area contributed by atoms with E-state index in [-0.39, 0.29) is 22.0 Å². The minimum Gasteiger partial charge on any atom is -0.350 e. The van der Waals surface area contributed by atoms with E-state index >= 15 is 0 Å². The van der Waals surface area contributed by atoms with Gasteiger partial charge in [-0.05, 0) is 63.7 Å². The lowest BCUT2D eigenvalue weighted by atomic mass is 9.98. The molecule has 128 valence electrons. The van der Waals surface area contributed by atoms with Crippen molar-refractivity contribution in [2.45, 2.75) is 49.4 Å². The van der Waals surface area contributed by atoms with Gasteiger partial charge >= 0.3 is 0 Å². The van der Waals surface area contributed by atoms with E-state index in [9.17, 15) is 13.6 Å². The minimum absolute atomic E-state index is 0.0655. The molecule has 0 aromatic carbocycles. The number of hydrogen-bond acceptors (Lipinski definition) is 4. The first-order valence-electron chi connectivity index (χ1n) is 7.83. The number of piperidine rings is 1. The fourth-order valence-corrected chi connectivity index (χ4v) is 3.32. The van der Waals surface area contributed by atoms with Gasteiger partial charge in [0.2, 0.25) is 0 Å². The van der Waals surface area contributed by atoms with Gasteiger partial charge in [0.15, 0.2) is 0 Å². The topological polar surface area (TPSA) is 45.2 Å². The molecule has 0 saturated carbocycles. The lowest BCUT2D eigenvalue weighted by molar-refractivity contribution is 0.0795. The van der Waals surface area contributed by atoms with Crippen molar-refractivity contribution in [2.24, 2.45) is 0 Å². The number of carbonyl (C=O) groups excluding carboxylic acids is 1. The van der Waals surface area contributed by atoms with E-state index < -0.39 is 5.76 Å². The molecule has 4 nitrogen and oxygen atoms in total. The number of nitrogens with one attached hydrogen (secondary N) is 1. The van der Waals surface area contributed by atoms with E-state index in [1.165, 1.54) is 31.5 Å². The van der Waals surface area contributed by atoms with Gasteiger partial charge in [0.05, 0.1) is 5.56 Å². The zero-order chi connectivity index (χ0) is 16.9. The zero-order valence-corrected chi connectivity index (χ0v) is 14.3. The third-order valence-electron chi connectivity index (χ3n) is 4.11. The van der Waals surface area contributed by atoms with Gasteiger partial charge in [-0.1, -0.05) is 6.42 Å². The fraction of sp³-hybridized carbons (Fsp3) is 0.625. The number of hydrogen-bond donors (Lipinski definition) is 1. The molecule has 2 rings (SSSR count). The van der Waals surface area contributed by atoms with Crippen molar-refractivity contribution < 1.29 is 13.6 Å². The number of alkyl halides is 2. The first-order valence-corrected chi connectivity index (χ1v) is 8.71. The number of aromatic nitrogens is 1. The summed E-state index contributed by atoms with van der Waals surface area (Å²) < 4.78 is 25.1. The fourth-order valence-electron chi connectivity index (χ4n) is 2.74. The van der Waals surface area contributed by atoms with E-state index in [0.717, 1.165) is 13.1 Å². The first-order chi connectivity index (χ1) is 10.9. The lowest BCUT2D eigenvalue weighted by Gasteiger charge is -2.41. The van der Waals surface area contributed by atoms with Gasteiger partial charge in [0.25, 0.3) is 11.7 Å². The lowest BCUT2D eigenvalue weighted by Crippen LogP contribution is -2.53. The summed E-state index contributed by atoms with van der Waals surface area (Å²) in [4.78, 5) is 18.6. The Kier molecular flexibility index (Phi) is 6.35. The second-order valence-corrected chi connectivity index (χ2v) is 7.26. The molecule has 1 aromatic rings. The molecule has 7 heteroatoms. The predicted molar refractivity (Wildman–Crippen MR) is 87.9 cm³/mol. The second kappa shape index (κ2) is 8.06. The second-order valence-electron chi connectivity index (χ2n) is 6.28. The summed E-state index contributed by atoms with van der Waals surface area (Å²) in [6.07, 6.45) is 5.02. The molecule has 0 spiro atoms. The molecule has 0 bridgehead atoms. The molecule has 1 aliphatic heterocycles. The molecule has 1 saturated heterocycles. The van der Waals surface area contributed by atoms with Crippen LogP contribution in [-0.4, -0.2) is 46.7 Å². The van der Waals surface area contributed by atoms with Crippen LogP contribution in [0.2, 0.25) is 0 Å². The van der Waals surface area contributed by atoms with Crippen molar-refractivity contribution in [3.05, 3.63) is 23.9 Å². The predicted octanol–water partition coefficient (Wildman–Crippen LogP) is 3.39. The van der Waals surface area contributed by atoms with Crippen LogP contribution < -0.4 is 5.32 Å². The Morgan fingerprint density at radius 3 is 2.74 bits per heavy atom. The summed E-state index contributed by atoms with van der Waals surface area (Å²) in [7, 11) is 0. The van der Waals surface area contributed by atoms with Crippen molar-refractivity contribution in [3.8, 4) is 0 Å². The van der Waals surface area contributed by atoms with Gasteiger partial charge < -0.3 is 5.32 Å². The van der Waals surface area contributed by atoms with Crippen molar-refractivity contribution in [3.63, 3.8) is 0 Å². The Morgan fingerprint density at radius 2 is 2.09 bits per heavy atom. The first kappa shape index (κ1) is 18.1. The third-order valence-corrected chi connectivity index (χ3v) is 4.84. The summed E-state index contributed by atoms with van der Waals surface area (Å²) in [5.41, 5.74) is 0.0427. The Bertz CT molecular complexity index is 534. The highest BCUT2D eigenvalue weighted by Gasteiger charge is 2.28. The molecular formula is C16H23F2N3OS. The minimum atomic E-state index is -2.60. The Hall–Kier alpha value is -1.21. The van der Waals surface area contributed by atoms with Crippen molar-refractivity contribution in [1.29, 1.82) is 0 Å². The summed E-state index contributed by atoms with van der Waals surface area (Å²) >= 11 is 0.299. The molecule has 0 aliphatic carbocycles. The van der Waals surface area contributed by atoms with Gasteiger partial charge in [-0.3, -0.25) is 9.69 Å². The van der Waals surface area contributed by atoms with Gasteiger partial charge in [-0.25, -0.2) is 4.98 Å². The summed E-state index contributed by atoms with van der Waals surface area (Å²) in [5, 5.41) is 2.94. The van der Waals surface area contributed by atoms with Crippen LogP contribution in [0.3, 0.4) is 0 Å². The summed E-state index contributed by atoms with van der Waals surface area (Å²) in [5.74, 6) is -2.95. The van der Waals surface area contributed by atoms with Crippen LogP contribution in [0.25, 0.3) is 0 Å². The molecule has 1 amide bonds. The number of carbonyl (C=O) groups is 1. The Morgan fingerprint density at radius 1 is 1.39 bits per heavy atom. The number of pyridine rings is 1. The van der Waals surface area contributed by atoms with E-state index in [4.69, 9.17) is 0 Å². The number of rotatable bonds is 6. The largest absolute Gasteiger partial charge is 0.350 e. The van der Waals surface area contributed by atoms with E-state index in [1.54, 1.807) is 6.07 Å². The monoisotopic (exact) mass is 343 g/mol. The number of amides is 1. The van der Waals surface area contributed by atoms with Crippen molar-refractivity contribution in [1.82, 2.24) is 15.2 Å². The van der Waals surface area contributed by atoms with Crippen LogP contribution in [0.15, 0.2) is 23.4 Å². The van der Waals surface area contributed by atoms with Gasteiger partial charge in [0.1, 0.15) is 5.03 Å². The summed E-state index contributed by atoms with van der Waals surface area (Å²) in [6, 6.07) is 3.11. The van der Waals surface area contributed by atoms with Crippen LogP contribution in [0.1, 0.15) is 43.5 Å². The van der Waals surface area contributed by atoms with Crippen molar-refractivity contribution >= 4 is 17.7 Å². The average molecular weight is 343 g/mol. The maximum atomic E-state index is 12.6. The third kappa shape index (κ3) is 5.14. The van der Waals surface area contributed by atoms with Crippen LogP contribution in [0, 0.1) is 0 Å². The zero-order valence-electron chi connectivity index (χ0n) is 13.5. The van der Waals surface area contributed by atoms with Gasteiger partial charge in [-0.15, -0.1) is 0 Å². The van der Waals surface area contributed by atoms with E-state index in [0.29, 0.717) is 18.3 Å². The number of nitrogens with zero attached hydrogens (tertiary/aromatic N) is 2. The number of halogens is 2. The molecular weight excluding hydrogens is 320 g/mol. The van der Waals surface area contributed by atoms with E-state index in [1.807, 2.05) is 0 Å². The highest BCUT2D eigenvalue weighted by Crippen LogP contribution is 2.26. The van der Waals surface area contributed by atoms with Crippen molar-refractivity contribution in [2.75, 3.05) is 19.6 Å². The smallest absolute Gasteiger partial charge is 0.290 e. The molecule has 0 atom stereocenters. The Labute approximate surface area is 140 Å². The Balaban J connectivity index is 1.99. The molecule has 1 aliphatic rings. The highest BCUT2D eigenvalue weighted by molar-refractivity contribution is 7.99. The van der Waals surface area contributed by atoms with Gasteiger partial charge in [-0.2, -0.15) is 8.78 Å². The maximum absolute atomic E-state index is 12.6. The molecule has 23 heavy (non-hydrogen) atoms. The number of thioether (sulfide) groups is 1. The molecule has 0 radical (unpaired) electrons. The standard InChI is InChI=1S/C16H23F2N3OS/c1-16(2,21-9-4-3-5-10-21)11-20-13(22)12-7-6-8-19-14(12)23-15(17)18/h6-8,15H,3-5,9-11H2,1-2H3,(H,20,22). The summed E-state index contributed by atoms with van der Waals surface area (Å²) in [6.45, 7) is 6.72. The molecule has 2 heterocycles. The average Bonchev–Trinajstić information content (AvgIpc) is 2.53. The molecule has 1 fully saturated rings. The van der Waals surface area contributed by atoms with Gasteiger partial charge in [0, 0.05) is 18.3 Å². The molecule has 0 unspecified atom stereocenters. The van der Waals surface area contributed by atoms with E-state index in [2.05, 4.69) is 29.0 Å². The SMILES string of the molecule is CC(C)(CNC(=O)c1cccnc1SC(F)F)N1CCCCC1. The highest BCUT2D eigenvalue weighted by atomic mass is 32.2. The quantitative estimate of drug-likeness (QED) is 0.804. The van der Waals surface area contributed by atoms with Crippen LogP contribution >= 0.6 is 11.8 Å². The van der Waals surface area contributed by atoms with Crippen LogP contribution in [-0.2, 0) is 0 Å². The normalized spacial score (nSPS) is 16.6. The number of likely N-dealkylation sites (tertiary alicyclic amines) is 1. The maximum Gasteiger partial charge on any atom is 0.290 e.